The Labute approximate surface area is 123 Å². The van der Waals surface area contributed by atoms with E-state index >= 15 is 0 Å². The second-order valence-corrected chi connectivity index (χ2v) is 5.65. The molecule has 0 aromatic heterocycles. The molecule has 1 saturated heterocycles. The van der Waals surface area contributed by atoms with Crippen molar-refractivity contribution in [2.24, 2.45) is 0 Å². The topological polar surface area (TPSA) is 38.5 Å². The van der Waals surface area contributed by atoms with Gasteiger partial charge in [0, 0.05) is 12.6 Å². The first-order valence-electron chi connectivity index (χ1n) is 7.99. The summed E-state index contributed by atoms with van der Waals surface area (Å²) >= 11 is 0. The summed E-state index contributed by atoms with van der Waals surface area (Å²) in [6.07, 6.45) is 6.45. The van der Waals surface area contributed by atoms with Gasteiger partial charge >= 0.3 is 0 Å². The maximum atomic E-state index is 6.03. The van der Waals surface area contributed by atoms with Crippen LogP contribution in [-0.4, -0.2) is 30.6 Å². The van der Waals surface area contributed by atoms with Crippen molar-refractivity contribution in [3.8, 4) is 5.75 Å². The number of nitrogens with two attached hydrogens (primary N) is 1. The lowest BCUT2D eigenvalue weighted by molar-refractivity contribution is 0.146. The highest BCUT2D eigenvalue weighted by molar-refractivity contribution is 5.54. The minimum Gasteiger partial charge on any atom is -0.492 e. The highest BCUT2D eigenvalue weighted by Gasteiger charge is 2.20. The summed E-state index contributed by atoms with van der Waals surface area (Å²) in [6, 6.07) is 6.99. The maximum Gasteiger partial charge on any atom is 0.142 e. The summed E-state index contributed by atoms with van der Waals surface area (Å²) in [5.74, 6) is 0.806. The number of anilines is 1. The number of nitrogens with zero attached hydrogens (tertiary/aromatic N) is 1. The van der Waals surface area contributed by atoms with Gasteiger partial charge in [0.05, 0.1) is 12.3 Å². The zero-order valence-corrected chi connectivity index (χ0v) is 12.9. The molecule has 0 bridgehead atoms. The van der Waals surface area contributed by atoms with Crippen molar-refractivity contribution >= 4 is 5.69 Å². The van der Waals surface area contributed by atoms with Gasteiger partial charge in [0.15, 0.2) is 0 Å². The molecule has 1 unspecified atom stereocenters. The summed E-state index contributed by atoms with van der Waals surface area (Å²) in [4.78, 5) is 2.65. The van der Waals surface area contributed by atoms with Crippen LogP contribution in [0.1, 0.15) is 45.1 Å². The number of likely N-dealkylation sites (tertiary alicyclic amines) is 1. The molecule has 1 aromatic rings. The molecule has 0 spiro atoms. The summed E-state index contributed by atoms with van der Waals surface area (Å²) in [5, 5.41) is 0. The normalized spacial score (nSPS) is 20.0. The number of nitrogen functional groups attached to an aromatic ring is 1. The lowest BCUT2D eigenvalue weighted by Crippen LogP contribution is -2.40. The molecule has 1 atom stereocenters. The second kappa shape index (κ2) is 7.53. The molecule has 3 nitrogen and oxygen atoms in total. The van der Waals surface area contributed by atoms with Crippen LogP contribution in [0.3, 0.4) is 0 Å². The first-order valence-corrected chi connectivity index (χ1v) is 7.99. The van der Waals surface area contributed by atoms with E-state index in [0.717, 1.165) is 30.4 Å². The van der Waals surface area contributed by atoms with Crippen molar-refractivity contribution in [2.45, 2.75) is 52.0 Å². The molecule has 1 heterocycles. The van der Waals surface area contributed by atoms with E-state index in [2.05, 4.69) is 24.0 Å². The molecule has 0 saturated carbocycles. The molecule has 1 fully saturated rings. The van der Waals surface area contributed by atoms with Gasteiger partial charge in [-0.2, -0.15) is 0 Å². The number of piperidine rings is 1. The molecular weight excluding hydrogens is 248 g/mol. The third-order valence-electron chi connectivity index (χ3n) is 4.28. The molecule has 0 radical (unpaired) electrons. The van der Waals surface area contributed by atoms with Crippen LogP contribution in [0.25, 0.3) is 0 Å². The van der Waals surface area contributed by atoms with Crippen LogP contribution in [-0.2, 0) is 6.42 Å². The number of hydrogen-bond donors (Lipinski definition) is 1. The molecule has 20 heavy (non-hydrogen) atoms. The molecule has 0 amide bonds. The van der Waals surface area contributed by atoms with Gasteiger partial charge in [0.1, 0.15) is 5.75 Å². The van der Waals surface area contributed by atoms with E-state index in [1.54, 1.807) is 0 Å². The Morgan fingerprint density at radius 2 is 2.15 bits per heavy atom. The van der Waals surface area contributed by atoms with Crippen LogP contribution in [0.4, 0.5) is 5.69 Å². The molecular formula is C17H28N2O. The number of rotatable bonds is 6. The summed E-state index contributed by atoms with van der Waals surface area (Å²) in [7, 11) is 0. The third-order valence-corrected chi connectivity index (χ3v) is 4.28. The van der Waals surface area contributed by atoms with E-state index in [-0.39, 0.29) is 0 Å². The van der Waals surface area contributed by atoms with Gasteiger partial charge in [-0.15, -0.1) is 0 Å². The number of hydrogen-bond acceptors (Lipinski definition) is 3. The fraction of sp³-hybridized carbons (Fsp3) is 0.647. The number of ether oxygens (including phenoxy) is 1. The van der Waals surface area contributed by atoms with Gasteiger partial charge in [-0.05, 0) is 56.8 Å². The predicted molar refractivity (Wildman–Crippen MR) is 85.2 cm³/mol. The van der Waals surface area contributed by atoms with Crippen molar-refractivity contribution in [3.05, 3.63) is 23.8 Å². The molecule has 1 aliphatic rings. The Hall–Kier alpha value is -1.22. The Balaban J connectivity index is 1.91. The van der Waals surface area contributed by atoms with Crippen molar-refractivity contribution in [3.63, 3.8) is 0 Å². The van der Waals surface area contributed by atoms with Crippen molar-refractivity contribution < 1.29 is 4.74 Å². The van der Waals surface area contributed by atoms with Crippen LogP contribution in [0.15, 0.2) is 18.2 Å². The average molecular weight is 276 g/mol. The average Bonchev–Trinajstić information content (AvgIpc) is 2.48. The van der Waals surface area contributed by atoms with Crippen LogP contribution >= 0.6 is 0 Å². The minimum absolute atomic E-state index is 0.662. The highest BCUT2D eigenvalue weighted by Crippen LogP contribution is 2.24. The smallest absolute Gasteiger partial charge is 0.142 e. The second-order valence-electron chi connectivity index (χ2n) is 5.65. The van der Waals surface area contributed by atoms with Gasteiger partial charge in [-0.25, -0.2) is 0 Å². The van der Waals surface area contributed by atoms with Crippen LogP contribution in [0.5, 0.6) is 5.75 Å². The fourth-order valence-electron chi connectivity index (χ4n) is 3.13. The SMILES string of the molecule is CCOc1ccc(CCN2CCCCC2CC)cc1N. The molecule has 0 aliphatic carbocycles. The largest absolute Gasteiger partial charge is 0.492 e. The van der Waals surface area contributed by atoms with E-state index in [1.807, 2.05) is 13.0 Å². The van der Waals surface area contributed by atoms with E-state index in [0.29, 0.717) is 6.61 Å². The van der Waals surface area contributed by atoms with Crippen LogP contribution in [0, 0.1) is 0 Å². The van der Waals surface area contributed by atoms with E-state index in [9.17, 15) is 0 Å². The lowest BCUT2D eigenvalue weighted by Gasteiger charge is -2.35. The Kier molecular flexibility index (Phi) is 5.72. The first kappa shape index (κ1) is 15.2. The minimum atomic E-state index is 0.662. The van der Waals surface area contributed by atoms with Gasteiger partial charge in [-0.3, -0.25) is 0 Å². The molecule has 2 rings (SSSR count). The quantitative estimate of drug-likeness (QED) is 0.809. The summed E-state index contributed by atoms with van der Waals surface area (Å²) < 4.78 is 5.49. The van der Waals surface area contributed by atoms with Gasteiger partial charge in [0.2, 0.25) is 0 Å². The Morgan fingerprint density at radius 3 is 2.85 bits per heavy atom. The molecule has 1 aromatic carbocycles. The maximum absolute atomic E-state index is 6.03. The molecule has 3 heteroatoms. The van der Waals surface area contributed by atoms with Crippen molar-refractivity contribution in [2.75, 3.05) is 25.4 Å². The lowest BCUT2D eigenvalue weighted by atomic mass is 9.99. The van der Waals surface area contributed by atoms with Crippen molar-refractivity contribution in [1.82, 2.24) is 4.90 Å². The van der Waals surface area contributed by atoms with E-state index in [4.69, 9.17) is 10.5 Å². The van der Waals surface area contributed by atoms with Crippen molar-refractivity contribution in [1.29, 1.82) is 0 Å². The van der Waals surface area contributed by atoms with Crippen LogP contribution < -0.4 is 10.5 Å². The Morgan fingerprint density at radius 1 is 1.30 bits per heavy atom. The molecule has 112 valence electrons. The highest BCUT2D eigenvalue weighted by atomic mass is 16.5. The zero-order chi connectivity index (χ0) is 14.4. The molecule has 2 N–H and O–H groups in total. The monoisotopic (exact) mass is 276 g/mol. The summed E-state index contributed by atoms with van der Waals surface area (Å²) in [5.41, 5.74) is 8.10. The number of benzene rings is 1. The fourth-order valence-corrected chi connectivity index (χ4v) is 3.13. The van der Waals surface area contributed by atoms with Gasteiger partial charge in [-0.1, -0.05) is 19.4 Å². The first-order chi connectivity index (χ1) is 9.74. The van der Waals surface area contributed by atoms with Gasteiger partial charge in [0.25, 0.3) is 0 Å². The van der Waals surface area contributed by atoms with Crippen LogP contribution in [0.2, 0.25) is 0 Å². The van der Waals surface area contributed by atoms with E-state index < -0.39 is 0 Å². The van der Waals surface area contributed by atoms with E-state index in [1.165, 1.54) is 37.8 Å². The third kappa shape index (κ3) is 3.89. The van der Waals surface area contributed by atoms with Gasteiger partial charge < -0.3 is 15.4 Å². The Bertz CT molecular complexity index is 419. The predicted octanol–water partition coefficient (Wildman–Crippen LogP) is 3.47. The summed E-state index contributed by atoms with van der Waals surface area (Å²) in [6.45, 7) is 7.35. The molecule has 1 aliphatic heterocycles. The zero-order valence-electron chi connectivity index (χ0n) is 12.9. The standard InChI is InChI=1S/C17H28N2O/c1-3-15-7-5-6-11-19(15)12-10-14-8-9-17(20-4-2)16(18)13-14/h8-9,13,15H,3-7,10-12,18H2,1-2H3.